The van der Waals surface area contributed by atoms with Gasteiger partial charge in [0.05, 0.1) is 4.90 Å². The van der Waals surface area contributed by atoms with E-state index in [0.717, 1.165) is 25.0 Å². The largest absolute Gasteiger partial charge is 0.573 e. The van der Waals surface area contributed by atoms with Crippen LogP contribution in [0.4, 0.5) is 13.2 Å². The van der Waals surface area contributed by atoms with E-state index in [4.69, 9.17) is 5.73 Å². The maximum Gasteiger partial charge on any atom is 0.573 e. The molecule has 5 nitrogen and oxygen atoms in total. The monoisotopic (exact) mass is 386 g/mol. The summed E-state index contributed by atoms with van der Waals surface area (Å²) < 4.78 is 67.2. The summed E-state index contributed by atoms with van der Waals surface area (Å²) in [5, 5.41) is 0. The van der Waals surface area contributed by atoms with Gasteiger partial charge in [0.2, 0.25) is 10.0 Å². The molecule has 10 heteroatoms. The fourth-order valence-electron chi connectivity index (χ4n) is 3.44. The van der Waals surface area contributed by atoms with Crippen LogP contribution < -0.4 is 10.5 Å². The lowest BCUT2D eigenvalue weighted by Gasteiger charge is -2.19. The fraction of sp³-hybridized carbons (Fsp3) is 0.571. The molecule has 1 aromatic carbocycles. The maximum atomic E-state index is 12.6. The van der Waals surface area contributed by atoms with Crippen LogP contribution in [0.2, 0.25) is 0 Å². The van der Waals surface area contributed by atoms with Gasteiger partial charge in [-0.3, -0.25) is 0 Å². The Morgan fingerprint density at radius 1 is 1.21 bits per heavy atom. The summed E-state index contributed by atoms with van der Waals surface area (Å²) in [7, 11) is -3.85. The Hall–Kier alpha value is -1.03. The van der Waals surface area contributed by atoms with E-state index in [9.17, 15) is 21.6 Å². The molecule has 2 aliphatic rings. The van der Waals surface area contributed by atoms with Crippen LogP contribution >= 0.6 is 12.4 Å². The van der Waals surface area contributed by atoms with Crippen molar-refractivity contribution < 1.29 is 26.3 Å². The Labute approximate surface area is 144 Å². The molecule has 0 aromatic heterocycles. The van der Waals surface area contributed by atoms with Crippen LogP contribution in [0.5, 0.6) is 5.75 Å². The third-order valence-corrected chi connectivity index (χ3v) is 6.38. The van der Waals surface area contributed by atoms with E-state index in [1.54, 1.807) is 0 Å². The Morgan fingerprint density at radius 2 is 1.92 bits per heavy atom. The number of rotatable bonds is 3. The van der Waals surface area contributed by atoms with Crippen LogP contribution in [0.1, 0.15) is 12.8 Å². The third-order valence-electron chi connectivity index (χ3n) is 4.56. The first-order chi connectivity index (χ1) is 10.7. The van der Waals surface area contributed by atoms with Gasteiger partial charge in [0.15, 0.2) is 0 Å². The predicted molar refractivity (Wildman–Crippen MR) is 83.3 cm³/mol. The molecule has 2 N–H and O–H groups in total. The first kappa shape index (κ1) is 19.3. The van der Waals surface area contributed by atoms with Gasteiger partial charge in [0, 0.05) is 25.2 Å². The molecule has 2 fully saturated rings. The molecule has 136 valence electrons. The van der Waals surface area contributed by atoms with Crippen molar-refractivity contribution in [2.45, 2.75) is 30.1 Å². The van der Waals surface area contributed by atoms with Gasteiger partial charge in [-0.2, -0.15) is 4.31 Å². The van der Waals surface area contributed by atoms with Gasteiger partial charge in [0.25, 0.3) is 0 Å². The number of hydrogen-bond donors (Lipinski definition) is 1. The van der Waals surface area contributed by atoms with Crippen LogP contribution in [0.3, 0.4) is 0 Å². The molecule has 1 aromatic rings. The van der Waals surface area contributed by atoms with Crippen molar-refractivity contribution in [3.05, 3.63) is 24.3 Å². The number of alkyl halides is 3. The van der Waals surface area contributed by atoms with Crippen molar-refractivity contribution in [1.82, 2.24) is 4.31 Å². The van der Waals surface area contributed by atoms with Crippen LogP contribution in [0.25, 0.3) is 0 Å². The topological polar surface area (TPSA) is 72.6 Å². The number of nitrogens with two attached hydrogens (primary N) is 1. The zero-order valence-electron chi connectivity index (χ0n) is 12.6. The molecule has 1 aliphatic heterocycles. The summed E-state index contributed by atoms with van der Waals surface area (Å²) in [6.07, 6.45) is -3.09. The lowest BCUT2D eigenvalue weighted by molar-refractivity contribution is -0.274. The molecule has 3 rings (SSSR count). The third kappa shape index (κ3) is 3.79. The first-order valence-electron chi connectivity index (χ1n) is 7.28. The number of ether oxygens (including phenoxy) is 1. The fourth-order valence-corrected chi connectivity index (χ4v) is 5.01. The Morgan fingerprint density at radius 3 is 2.54 bits per heavy atom. The second kappa shape index (κ2) is 6.70. The quantitative estimate of drug-likeness (QED) is 0.865. The molecule has 0 spiro atoms. The number of sulfonamides is 1. The summed E-state index contributed by atoms with van der Waals surface area (Å²) in [6, 6.07) is 4.46. The highest BCUT2D eigenvalue weighted by Crippen LogP contribution is 2.39. The van der Waals surface area contributed by atoms with Crippen LogP contribution in [-0.2, 0) is 10.0 Å². The molecule has 0 radical (unpaired) electrons. The van der Waals surface area contributed by atoms with E-state index < -0.39 is 22.1 Å². The van der Waals surface area contributed by atoms with Crippen LogP contribution in [0.15, 0.2) is 29.2 Å². The standard InChI is InChI=1S/C14H17F3N2O3S.ClH/c15-14(16,17)22-10-2-1-3-11(6-10)23(20,21)19-7-9-4-5-13(18)12(9)8-19;/h1-3,6,9,12-13H,4-5,7-8,18H2;1H. The summed E-state index contributed by atoms with van der Waals surface area (Å²) in [4.78, 5) is -0.201. The highest BCUT2D eigenvalue weighted by molar-refractivity contribution is 7.89. The zero-order chi connectivity index (χ0) is 16.8. The molecule has 1 saturated carbocycles. The van der Waals surface area contributed by atoms with E-state index in [2.05, 4.69) is 4.74 Å². The van der Waals surface area contributed by atoms with Gasteiger partial charge in [-0.15, -0.1) is 25.6 Å². The number of halogens is 4. The van der Waals surface area contributed by atoms with Gasteiger partial charge in [-0.1, -0.05) is 6.07 Å². The molecule has 1 saturated heterocycles. The average molecular weight is 387 g/mol. The van der Waals surface area contributed by atoms with Crippen LogP contribution in [0, 0.1) is 11.8 Å². The lowest BCUT2D eigenvalue weighted by Crippen LogP contribution is -2.33. The number of hydrogen-bond acceptors (Lipinski definition) is 4. The van der Waals surface area contributed by atoms with E-state index in [0.29, 0.717) is 13.1 Å². The number of nitrogens with zero attached hydrogens (tertiary/aromatic N) is 1. The van der Waals surface area contributed by atoms with Crippen molar-refractivity contribution in [2.24, 2.45) is 17.6 Å². The molecule has 1 heterocycles. The number of benzene rings is 1. The molecule has 24 heavy (non-hydrogen) atoms. The smallest absolute Gasteiger partial charge is 0.406 e. The van der Waals surface area contributed by atoms with Gasteiger partial charge >= 0.3 is 6.36 Å². The Bertz CT molecular complexity index is 699. The predicted octanol–water partition coefficient (Wildman–Crippen LogP) is 2.36. The molecule has 3 atom stereocenters. The second-order valence-corrected chi connectivity index (χ2v) is 7.95. The normalized spacial score (nSPS) is 27.6. The van der Waals surface area contributed by atoms with Gasteiger partial charge in [-0.05, 0) is 36.8 Å². The van der Waals surface area contributed by atoms with Gasteiger partial charge < -0.3 is 10.5 Å². The van der Waals surface area contributed by atoms with E-state index in [1.165, 1.54) is 16.4 Å². The van der Waals surface area contributed by atoms with Crippen molar-refractivity contribution in [3.8, 4) is 5.75 Å². The summed E-state index contributed by atoms with van der Waals surface area (Å²) in [6.45, 7) is 0.684. The zero-order valence-corrected chi connectivity index (χ0v) is 14.2. The molecule has 0 bridgehead atoms. The molecular formula is C14H18ClF3N2O3S. The number of fused-ring (bicyclic) bond motifs is 1. The van der Waals surface area contributed by atoms with E-state index in [1.807, 2.05) is 0 Å². The molecule has 1 aliphatic carbocycles. The van der Waals surface area contributed by atoms with Gasteiger partial charge in [-0.25, -0.2) is 8.42 Å². The van der Waals surface area contributed by atoms with Crippen LogP contribution in [-0.4, -0.2) is 38.2 Å². The average Bonchev–Trinajstić information content (AvgIpc) is 3.00. The van der Waals surface area contributed by atoms with Gasteiger partial charge in [0.1, 0.15) is 5.75 Å². The summed E-state index contributed by atoms with van der Waals surface area (Å²) in [5.41, 5.74) is 5.99. The summed E-state index contributed by atoms with van der Waals surface area (Å²) in [5.74, 6) is -0.191. The molecule has 0 amide bonds. The van der Waals surface area contributed by atoms with Crippen molar-refractivity contribution >= 4 is 22.4 Å². The molecule has 3 unspecified atom stereocenters. The molecular weight excluding hydrogens is 369 g/mol. The first-order valence-corrected chi connectivity index (χ1v) is 8.72. The minimum atomic E-state index is -4.86. The Balaban J connectivity index is 0.00000208. The minimum absolute atomic E-state index is 0. The van der Waals surface area contributed by atoms with Crippen molar-refractivity contribution in [2.75, 3.05) is 13.1 Å². The second-order valence-electron chi connectivity index (χ2n) is 6.01. The lowest BCUT2D eigenvalue weighted by atomic mass is 9.98. The van der Waals surface area contributed by atoms with Crippen molar-refractivity contribution in [3.63, 3.8) is 0 Å². The summed E-state index contributed by atoms with van der Waals surface area (Å²) >= 11 is 0. The Kier molecular flexibility index (Phi) is 5.39. The van der Waals surface area contributed by atoms with E-state index >= 15 is 0 Å². The highest BCUT2D eigenvalue weighted by atomic mass is 35.5. The highest BCUT2D eigenvalue weighted by Gasteiger charge is 2.45. The minimum Gasteiger partial charge on any atom is -0.406 e. The van der Waals surface area contributed by atoms with Crippen molar-refractivity contribution in [1.29, 1.82) is 0 Å². The maximum absolute atomic E-state index is 12.6. The van der Waals surface area contributed by atoms with E-state index in [-0.39, 0.29) is 35.2 Å². The SMILES string of the molecule is Cl.NC1CCC2CN(S(=O)(=O)c3cccc(OC(F)(F)F)c3)CC12.